The Balaban J connectivity index is 2.17. The van der Waals surface area contributed by atoms with Gasteiger partial charge in [0.15, 0.2) is 0 Å². The molecule has 116 valence electrons. The molecule has 0 saturated carbocycles. The molecule has 2 rings (SSSR count). The van der Waals surface area contributed by atoms with E-state index in [9.17, 15) is 9.59 Å². The van der Waals surface area contributed by atoms with E-state index in [4.69, 9.17) is 0 Å². The zero-order chi connectivity index (χ0) is 15.6. The van der Waals surface area contributed by atoms with Gasteiger partial charge in [0.25, 0.3) is 0 Å². The molecule has 1 aromatic heterocycles. The van der Waals surface area contributed by atoms with Crippen LogP contribution >= 0.6 is 0 Å². The Kier molecular flexibility index (Phi) is 4.65. The first-order chi connectivity index (χ1) is 9.91. The predicted molar refractivity (Wildman–Crippen MR) is 79.3 cm³/mol. The van der Waals surface area contributed by atoms with Crippen molar-refractivity contribution in [2.45, 2.75) is 46.3 Å². The lowest BCUT2D eigenvalue weighted by molar-refractivity contribution is -0.152. The molecule has 21 heavy (non-hydrogen) atoms. The molecule has 1 aliphatic heterocycles. The quantitative estimate of drug-likeness (QED) is 0.876. The van der Waals surface area contributed by atoms with Gasteiger partial charge in [-0.3, -0.25) is 14.3 Å². The summed E-state index contributed by atoms with van der Waals surface area (Å²) in [6.07, 6.45) is 3.57. The molecule has 1 saturated heterocycles. The lowest BCUT2D eigenvalue weighted by Crippen LogP contribution is -2.66. The lowest BCUT2D eigenvalue weighted by Gasteiger charge is -2.42. The van der Waals surface area contributed by atoms with Crippen molar-refractivity contribution in [3.63, 3.8) is 0 Å². The molecule has 2 amide bonds. The average molecular weight is 292 g/mol. The number of carbonyl (C=O) groups excluding carboxylic acids is 2. The smallest absolute Gasteiger partial charge is 0.246 e. The molecule has 2 atom stereocenters. The van der Waals surface area contributed by atoms with Crippen molar-refractivity contribution in [1.82, 2.24) is 20.0 Å². The molecule has 1 aromatic rings. The Labute approximate surface area is 125 Å². The summed E-state index contributed by atoms with van der Waals surface area (Å²) in [4.78, 5) is 26.7. The molecule has 2 unspecified atom stereocenters. The van der Waals surface area contributed by atoms with Crippen LogP contribution in [0.3, 0.4) is 0 Å². The van der Waals surface area contributed by atoms with Crippen molar-refractivity contribution in [2.75, 3.05) is 6.54 Å². The number of nitrogens with zero attached hydrogens (tertiary/aromatic N) is 3. The Bertz CT molecular complexity index is 496. The summed E-state index contributed by atoms with van der Waals surface area (Å²) in [7, 11) is 0. The number of hydrogen-bond acceptors (Lipinski definition) is 3. The van der Waals surface area contributed by atoms with Crippen LogP contribution in [0.5, 0.6) is 0 Å². The predicted octanol–water partition coefficient (Wildman–Crippen LogP) is 0.891. The highest BCUT2D eigenvalue weighted by Gasteiger charge is 2.42. The number of nitrogens with one attached hydrogen (secondary N) is 1. The van der Waals surface area contributed by atoms with Gasteiger partial charge in [-0.15, -0.1) is 0 Å². The van der Waals surface area contributed by atoms with Gasteiger partial charge < -0.3 is 10.2 Å². The minimum absolute atomic E-state index is 0.00968. The van der Waals surface area contributed by atoms with Gasteiger partial charge in [0.2, 0.25) is 11.8 Å². The van der Waals surface area contributed by atoms with Crippen molar-refractivity contribution >= 4 is 11.8 Å². The first-order valence-corrected chi connectivity index (χ1v) is 7.50. The summed E-state index contributed by atoms with van der Waals surface area (Å²) < 4.78 is 1.78. The summed E-state index contributed by atoms with van der Waals surface area (Å²) in [5.41, 5.74) is 0. The first kappa shape index (κ1) is 15.5. The van der Waals surface area contributed by atoms with E-state index in [1.165, 1.54) is 0 Å². The van der Waals surface area contributed by atoms with Crippen LogP contribution in [0.4, 0.5) is 0 Å². The van der Waals surface area contributed by atoms with E-state index in [1.54, 1.807) is 15.8 Å². The molecule has 6 heteroatoms. The van der Waals surface area contributed by atoms with E-state index in [2.05, 4.69) is 10.4 Å². The Morgan fingerprint density at radius 2 is 1.90 bits per heavy atom. The van der Waals surface area contributed by atoms with Gasteiger partial charge in [0.1, 0.15) is 12.1 Å². The van der Waals surface area contributed by atoms with E-state index in [-0.39, 0.29) is 23.7 Å². The van der Waals surface area contributed by atoms with Gasteiger partial charge in [-0.25, -0.2) is 0 Å². The lowest BCUT2D eigenvalue weighted by atomic mass is 9.93. The van der Waals surface area contributed by atoms with Crippen molar-refractivity contribution in [3.05, 3.63) is 18.5 Å². The highest BCUT2D eigenvalue weighted by atomic mass is 16.2. The SMILES string of the molecule is CC(C)C1NC(=O)C(C(C)C)N(CCn2cccn2)C1=O. The average Bonchev–Trinajstić information content (AvgIpc) is 2.91. The van der Waals surface area contributed by atoms with Crippen LogP contribution in [0.1, 0.15) is 27.7 Å². The van der Waals surface area contributed by atoms with Crippen LogP contribution in [0, 0.1) is 11.8 Å². The van der Waals surface area contributed by atoms with E-state index < -0.39 is 12.1 Å². The maximum absolute atomic E-state index is 12.7. The molecule has 1 N–H and O–H groups in total. The number of piperazine rings is 1. The summed E-state index contributed by atoms with van der Waals surface area (Å²) in [5.74, 6) is 0.126. The van der Waals surface area contributed by atoms with Crippen LogP contribution in [0.2, 0.25) is 0 Å². The van der Waals surface area contributed by atoms with Crippen LogP contribution < -0.4 is 5.32 Å². The van der Waals surface area contributed by atoms with E-state index in [0.717, 1.165) is 0 Å². The number of rotatable bonds is 5. The fourth-order valence-corrected chi connectivity index (χ4v) is 2.76. The molecule has 0 spiro atoms. The minimum Gasteiger partial charge on any atom is -0.342 e. The molecule has 2 heterocycles. The van der Waals surface area contributed by atoms with Crippen molar-refractivity contribution in [1.29, 1.82) is 0 Å². The zero-order valence-electron chi connectivity index (χ0n) is 13.1. The molecule has 0 aliphatic carbocycles. The number of aromatic nitrogens is 2. The van der Waals surface area contributed by atoms with Gasteiger partial charge in [-0.2, -0.15) is 5.10 Å². The summed E-state index contributed by atoms with van der Waals surface area (Å²) in [6, 6.07) is 1.02. The molecule has 0 radical (unpaired) electrons. The Morgan fingerprint density at radius 3 is 2.43 bits per heavy atom. The zero-order valence-corrected chi connectivity index (χ0v) is 13.1. The largest absolute Gasteiger partial charge is 0.342 e. The maximum Gasteiger partial charge on any atom is 0.246 e. The summed E-state index contributed by atoms with van der Waals surface area (Å²) in [6.45, 7) is 8.93. The van der Waals surface area contributed by atoms with E-state index in [0.29, 0.717) is 13.1 Å². The third-order valence-electron chi connectivity index (χ3n) is 3.88. The Hall–Kier alpha value is -1.85. The molecular weight excluding hydrogens is 268 g/mol. The topological polar surface area (TPSA) is 67.2 Å². The third kappa shape index (κ3) is 3.25. The highest BCUT2D eigenvalue weighted by molar-refractivity contribution is 5.97. The van der Waals surface area contributed by atoms with Gasteiger partial charge in [-0.1, -0.05) is 27.7 Å². The van der Waals surface area contributed by atoms with Crippen LogP contribution in [-0.2, 0) is 16.1 Å². The fourth-order valence-electron chi connectivity index (χ4n) is 2.76. The minimum atomic E-state index is -0.426. The number of hydrogen-bond donors (Lipinski definition) is 1. The van der Waals surface area contributed by atoms with Crippen LogP contribution in [0.25, 0.3) is 0 Å². The highest BCUT2D eigenvalue weighted by Crippen LogP contribution is 2.20. The maximum atomic E-state index is 12.7. The van der Waals surface area contributed by atoms with Gasteiger partial charge in [-0.05, 0) is 17.9 Å². The van der Waals surface area contributed by atoms with Gasteiger partial charge in [0.05, 0.1) is 6.54 Å². The monoisotopic (exact) mass is 292 g/mol. The van der Waals surface area contributed by atoms with Gasteiger partial charge in [0, 0.05) is 18.9 Å². The van der Waals surface area contributed by atoms with E-state index in [1.807, 2.05) is 40.0 Å². The molecule has 1 fully saturated rings. The van der Waals surface area contributed by atoms with Crippen molar-refractivity contribution in [3.8, 4) is 0 Å². The number of carbonyl (C=O) groups is 2. The summed E-state index contributed by atoms with van der Waals surface area (Å²) >= 11 is 0. The van der Waals surface area contributed by atoms with Crippen LogP contribution in [-0.4, -0.2) is 45.1 Å². The normalized spacial score (nSPS) is 23.0. The van der Waals surface area contributed by atoms with Crippen molar-refractivity contribution in [2.24, 2.45) is 11.8 Å². The molecule has 6 nitrogen and oxygen atoms in total. The van der Waals surface area contributed by atoms with Crippen LogP contribution in [0.15, 0.2) is 18.5 Å². The van der Waals surface area contributed by atoms with Gasteiger partial charge >= 0.3 is 0 Å². The molecule has 1 aliphatic rings. The Morgan fingerprint density at radius 1 is 1.19 bits per heavy atom. The van der Waals surface area contributed by atoms with Crippen molar-refractivity contribution < 1.29 is 9.59 Å². The standard InChI is InChI=1S/C15H24N4O2/c1-10(2)12-15(21)19(9-8-18-7-5-6-16-18)13(11(3)4)14(20)17-12/h5-7,10-13H,8-9H2,1-4H3,(H,17,20). The third-order valence-corrected chi connectivity index (χ3v) is 3.88. The second-order valence-corrected chi connectivity index (χ2v) is 6.22. The second-order valence-electron chi connectivity index (χ2n) is 6.22. The fraction of sp³-hybridized carbons (Fsp3) is 0.667. The molecule has 0 aromatic carbocycles. The second kappa shape index (κ2) is 6.28. The van der Waals surface area contributed by atoms with E-state index >= 15 is 0 Å². The number of amides is 2. The summed E-state index contributed by atoms with van der Waals surface area (Å²) in [5, 5.41) is 7.01. The first-order valence-electron chi connectivity index (χ1n) is 7.50. The molecular formula is C15H24N4O2. The molecule has 0 bridgehead atoms.